The molecule has 4 aromatic rings. The van der Waals surface area contributed by atoms with Crippen molar-refractivity contribution in [2.45, 2.75) is 0 Å². The third-order valence-electron chi connectivity index (χ3n) is 4.32. The average Bonchev–Trinajstić information content (AvgIpc) is 3.29. The molecule has 0 aliphatic rings. The molecular formula is C23H19N3O4. The molecule has 1 N–H and O–H groups in total. The van der Waals surface area contributed by atoms with E-state index in [9.17, 15) is 4.79 Å². The molecule has 0 saturated carbocycles. The summed E-state index contributed by atoms with van der Waals surface area (Å²) in [4.78, 5) is 16.8. The van der Waals surface area contributed by atoms with Crippen molar-refractivity contribution in [1.82, 2.24) is 10.1 Å². The van der Waals surface area contributed by atoms with Crippen LogP contribution in [0.15, 0.2) is 83.4 Å². The highest BCUT2D eigenvalue weighted by Crippen LogP contribution is 2.28. The molecule has 7 nitrogen and oxygen atoms in total. The number of aromatic nitrogens is 2. The van der Waals surface area contributed by atoms with Gasteiger partial charge in [0.05, 0.1) is 18.4 Å². The number of hydrogen-bond donors (Lipinski definition) is 1. The number of amides is 1. The Hall–Kier alpha value is -4.13. The SMILES string of the molecule is COc1ccc(OCC(=O)Nc2ccccc2-c2nc(-c3ccccc3)no2)cc1. The Bertz CT molecular complexity index is 1120. The third-order valence-corrected chi connectivity index (χ3v) is 4.32. The maximum Gasteiger partial charge on any atom is 0.262 e. The zero-order chi connectivity index (χ0) is 20.8. The Kier molecular flexibility index (Phi) is 5.70. The molecule has 0 aliphatic carbocycles. The van der Waals surface area contributed by atoms with Gasteiger partial charge in [0.25, 0.3) is 11.8 Å². The first kappa shape index (κ1) is 19.2. The molecular weight excluding hydrogens is 382 g/mol. The van der Waals surface area contributed by atoms with Gasteiger partial charge >= 0.3 is 0 Å². The Labute approximate surface area is 173 Å². The molecule has 0 atom stereocenters. The molecule has 0 radical (unpaired) electrons. The molecule has 30 heavy (non-hydrogen) atoms. The Morgan fingerprint density at radius 1 is 0.933 bits per heavy atom. The third kappa shape index (κ3) is 4.47. The van der Waals surface area contributed by atoms with Gasteiger partial charge in [-0.3, -0.25) is 4.79 Å². The normalized spacial score (nSPS) is 10.4. The van der Waals surface area contributed by atoms with Gasteiger partial charge in [0.1, 0.15) is 11.5 Å². The van der Waals surface area contributed by atoms with Gasteiger partial charge in [-0.25, -0.2) is 0 Å². The predicted octanol–water partition coefficient (Wildman–Crippen LogP) is 4.43. The van der Waals surface area contributed by atoms with Crippen molar-refractivity contribution in [2.24, 2.45) is 0 Å². The summed E-state index contributed by atoms with van der Waals surface area (Å²) in [7, 11) is 1.59. The number of benzene rings is 3. The number of hydrogen-bond acceptors (Lipinski definition) is 6. The van der Waals surface area contributed by atoms with Gasteiger partial charge in [0, 0.05) is 5.56 Å². The Balaban J connectivity index is 1.45. The maximum absolute atomic E-state index is 12.4. The fraction of sp³-hybridized carbons (Fsp3) is 0.0870. The van der Waals surface area contributed by atoms with E-state index in [2.05, 4.69) is 15.5 Å². The first-order chi connectivity index (χ1) is 14.7. The number of nitrogens with zero attached hydrogens (tertiary/aromatic N) is 2. The lowest BCUT2D eigenvalue weighted by Gasteiger charge is -2.10. The zero-order valence-corrected chi connectivity index (χ0v) is 16.2. The molecule has 0 saturated heterocycles. The maximum atomic E-state index is 12.4. The smallest absolute Gasteiger partial charge is 0.262 e. The first-order valence-electron chi connectivity index (χ1n) is 9.28. The van der Waals surface area contributed by atoms with Crippen molar-refractivity contribution in [3.63, 3.8) is 0 Å². The number of para-hydroxylation sites is 1. The van der Waals surface area contributed by atoms with Crippen molar-refractivity contribution in [3.05, 3.63) is 78.9 Å². The molecule has 7 heteroatoms. The van der Waals surface area contributed by atoms with Crippen LogP contribution in [0.3, 0.4) is 0 Å². The molecule has 0 spiro atoms. The van der Waals surface area contributed by atoms with E-state index in [-0.39, 0.29) is 12.5 Å². The summed E-state index contributed by atoms with van der Waals surface area (Å²) >= 11 is 0. The average molecular weight is 401 g/mol. The molecule has 0 bridgehead atoms. The molecule has 150 valence electrons. The van der Waals surface area contributed by atoms with Crippen molar-refractivity contribution in [2.75, 3.05) is 19.0 Å². The number of carbonyl (C=O) groups excluding carboxylic acids is 1. The standard InChI is InChI=1S/C23H19N3O4/c1-28-17-11-13-18(14-12-17)29-15-21(27)24-20-10-6-5-9-19(20)23-25-22(26-30-23)16-7-3-2-4-8-16/h2-14H,15H2,1H3,(H,24,27). The van der Waals surface area contributed by atoms with E-state index in [1.807, 2.05) is 48.5 Å². The van der Waals surface area contributed by atoms with Crippen molar-refractivity contribution in [3.8, 4) is 34.3 Å². The highest BCUT2D eigenvalue weighted by atomic mass is 16.5. The molecule has 0 fully saturated rings. The predicted molar refractivity (Wildman–Crippen MR) is 112 cm³/mol. The van der Waals surface area contributed by atoms with Gasteiger partial charge in [-0.1, -0.05) is 47.6 Å². The molecule has 0 unspecified atom stereocenters. The van der Waals surface area contributed by atoms with E-state index in [0.29, 0.717) is 28.7 Å². The summed E-state index contributed by atoms with van der Waals surface area (Å²) in [6, 6.07) is 23.8. The molecule has 1 amide bonds. The molecule has 4 rings (SSSR count). The lowest BCUT2D eigenvalue weighted by Crippen LogP contribution is -2.20. The van der Waals surface area contributed by atoms with Gasteiger partial charge < -0.3 is 19.3 Å². The van der Waals surface area contributed by atoms with Gasteiger partial charge in [-0.15, -0.1) is 0 Å². The van der Waals surface area contributed by atoms with E-state index in [0.717, 1.165) is 11.3 Å². The first-order valence-corrected chi connectivity index (χ1v) is 9.28. The lowest BCUT2D eigenvalue weighted by atomic mass is 10.1. The van der Waals surface area contributed by atoms with Crippen molar-refractivity contribution < 1.29 is 18.8 Å². The van der Waals surface area contributed by atoms with E-state index < -0.39 is 0 Å². The fourth-order valence-corrected chi connectivity index (χ4v) is 2.82. The molecule has 1 aromatic heterocycles. The summed E-state index contributed by atoms with van der Waals surface area (Å²) in [5.41, 5.74) is 2.04. The lowest BCUT2D eigenvalue weighted by molar-refractivity contribution is -0.118. The van der Waals surface area contributed by atoms with Crippen LogP contribution in [0, 0.1) is 0 Å². The van der Waals surface area contributed by atoms with Crippen molar-refractivity contribution in [1.29, 1.82) is 0 Å². The molecule has 1 heterocycles. The number of nitrogens with one attached hydrogen (secondary N) is 1. The molecule has 3 aromatic carbocycles. The van der Waals surface area contributed by atoms with Gasteiger partial charge in [0.15, 0.2) is 6.61 Å². The van der Waals surface area contributed by atoms with Gasteiger partial charge in [-0.05, 0) is 36.4 Å². The summed E-state index contributed by atoms with van der Waals surface area (Å²) in [5.74, 6) is 1.79. The summed E-state index contributed by atoms with van der Waals surface area (Å²) < 4.78 is 16.1. The number of ether oxygens (including phenoxy) is 2. The second kappa shape index (κ2) is 8.91. The van der Waals surface area contributed by atoms with Crippen LogP contribution < -0.4 is 14.8 Å². The minimum atomic E-state index is -0.305. The highest BCUT2D eigenvalue weighted by molar-refractivity contribution is 5.95. The Morgan fingerprint density at radius 3 is 2.40 bits per heavy atom. The van der Waals surface area contributed by atoms with Crippen LogP contribution in [-0.4, -0.2) is 29.8 Å². The van der Waals surface area contributed by atoms with E-state index in [4.69, 9.17) is 14.0 Å². The van der Waals surface area contributed by atoms with Crippen LogP contribution >= 0.6 is 0 Å². The largest absolute Gasteiger partial charge is 0.497 e. The van der Waals surface area contributed by atoms with Crippen LogP contribution in [0.1, 0.15) is 0 Å². The zero-order valence-electron chi connectivity index (χ0n) is 16.2. The van der Waals surface area contributed by atoms with Gasteiger partial charge in [0.2, 0.25) is 5.82 Å². The fourth-order valence-electron chi connectivity index (χ4n) is 2.82. The quantitative estimate of drug-likeness (QED) is 0.493. The monoisotopic (exact) mass is 401 g/mol. The van der Waals surface area contributed by atoms with Crippen LogP contribution in [0.2, 0.25) is 0 Å². The second-order valence-electron chi connectivity index (χ2n) is 6.35. The van der Waals surface area contributed by atoms with Gasteiger partial charge in [-0.2, -0.15) is 4.98 Å². The number of carbonyl (C=O) groups is 1. The summed E-state index contributed by atoms with van der Waals surface area (Å²) in [5, 5.41) is 6.87. The van der Waals surface area contributed by atoms with Crippen LogP contribution in [0.25, 0.3) is 22.8 Å². The van der Waals surface area contributed by atoms with Crippen LogP contribution in [0.4, 0.5) is 5.69 Å². The number of rotatable bonds is 7. The summed E-state index contributed by atoms with van der Waals surface area (Å²) in [6.07, 6.45) is 0. The number of anilines is 1. The summed E-state index contributed by atoms with van der Waals surface area (Å²) in [6.45, 7) is -0.139. The highest BCUT2D eigenvalue weighted by Gasteiger charge is 2.15. The minimum Gasteiger partial charge on any atom is -0.497 e. The topological polar surface area (TPSA) is 86.5 Å². The van der Waals surface area contributed by atoms with Crippen molar-refractivity contribution >= 4 is 11.6 Å². The van der Waals surface area contributed by atoms with Crippen LogP contribution in [-0.2, 0) is 4.79 Å². The van der Waals surface area contributed by atoms with E-state index >= 15 is 0 Å². The molecule has 0 aliphatic heterocycles. The number of methoxy groups -OCH3 is 1. The minimum absolute atomic E-state index is 0.139. The second-order valence-corrected chi connectivity index (χ2v) is 6.35. The van der Waals surface area contributed by atoms with Crippen LogP contribution in [0.5, 0.6) is 11.5 Å². The van der Waals surface area contributed by atoms with E-state index in [1.54, 1.807) is 37.4 Å². The Morgan fingerprint density at radius 2 is 1.63 bits per heavy atom. The van der Waals surface area contributed by atoms with E-state index in [1.165, 1.54) is 0 Å².